The van der Waals surface area contributed by atoms with E-state index in [0.29, 0.717) is 12.1 Å². The topological polar surface area (TPSA) is 38.9 Å². The third-order valence-corrected chi connectivity index (χ3v) is 3.62. The molecule has 2 nitrogen and oxygen atoms in total. The molecule has 0 bridgehead atoms. The van der Waals surface area contributed by atoms with Crippen LogP contribution in [-0.4, -0.2) is 11.7 Å². The minimum atomic E-state index is -0.467. The average Bonchev–Trinajstić information content (AvgIpc) is 2.69. The zero-order valence-corrected chi connectivity index (χ0v) is 15.8. The van der Waals surface area contributed by atoms with Crippen LogP contribution in [0.5, 0.6) is 0 Å². The third-order valence-electron chi connectivity index (χ3n) is 3.62. The lowest BCUT2D eigenvalue weighted by molar-refractivity contribution is 0.547. The summed E-state index contributed by atoms with van der Waals surface area (Å²) in [5.41, 5.74) is 10.1. The van der Waals surface area contributed by atoms with Gasteiger partial charge in [-0.1, -0.05) is 48.6 Å². The standard InChI is InChI=1S/C17H19F.C6H8N2/c1-4-6-17(16(5-2)13-18)12-11-15-9-7-14(3)8-10-15;7-5-6-1-3-8-4-2-6/h5-10H,4,13H2,1-3H3;1-4H,5,7H2/b16-5-,17-6-;. The van der Waals surface area contributed by atoms with E-state index in [4.69, 9.17) is 5.73 Å². The summed E-state index contributed by atoms with van der Waals surface area (Å²) in [7, 11) is 0. The minimum Gasteiger partial charge on any atom is -0.326 e. The van der Waals surface area contributed by atoms with Crippen molar-refractivity contribution in [2.75, 3.05) is 6.67 Å². The molecule has 2 aromatic rings. The molecule has 136 valence electrons. The molecule has 0 radical (unpaired) electrons. The van der Waals surface area contributed by atoms with E-state index in [9.17, 15) is 4.39 Å². The van der Waals surface area contributed by atoms with Gasteiger partial charge in [0.15, 0.2) is 0 Å². The number of nitrogens with zero attached hydrogens (tertiary/aromatic N) is 1. The molecular formula is C23H27FN2. The smallest absolute Gasteiger partial charge is 0.115 e. The second kappa shape index (κ2) is 12.6. The third kappa shape index (κ3) is 7.92. The maximum absolute atomic E-state index is 12.8. The number of halogens is 1. The lowest BCUT2D eigenvalue weighted by atomic mass is 10.1. The molecule has 2 N–H and O–H groups in total. The summed E-state index contributed by atoms with van der Waals surface area (Å²) in [4.78, 5) is 3.84. The van der Waals surface area contributed by atoms with Crippen molar-refractivity contribution >= 4 is 0 Å². The molecule has 0 unspecified atom stereocenters. The first kappa shape index (κ1) is 21.3. The van der Waals surface area contributed by atoms with Crippen molar-refractivity contribution in [1.29, 1.82) is 0 Å². The minimum absolute atomic E-state index is 0.467. The summed E-state index contributed by atoms with van der Waals surface area (Å²) in [5.74, 6) is 6.14. The van der Waals surface area contributed by atoms with E-state index in [1.165, 1.54) is 5.56 Å². The maximum Gasteiger partial charge on any atom is 0.115 e. The number of allylic oxidation sites excluding steroid dienone is 4. The van der Waals surface area contributed by atoms with Crippen LogP contribution in [0.15, 0.2) is 72.1 Å². The van der Waals surface area contributed by atoms with Gasteiger partial charge in [0.05, 0.1) is 0 Å². The zero-order chi connectivity index (χ0) is 19.2. The van der Waals surface area contributed by atoms with Crippen LogP contribution in [0.4, 0.5) is 4.39 Å². The Labute approximate surface area is 156 Å². The zero-order valence-electron chi connectivity index (χ0n) is 15.8. The molecule has 0 saturated carbocycles. The Kier molecular flexibility index (Phi) is 10.4. The highest BCUT2D eigenvalue weighted by Gasteiger charge is 1.99. The highest BCUT2D eigenvalue weighted by Crippen LogP contribution is 2.11. The van der Waals surface area contributed by atoms with Crippen molar-refractivity contribution in [3.05, 3.63) is 88.8 Å². The van der Waals surface area contributed by atoms with Crippen molar-refractivity contribution in [3.63, 3.8) is 0 Å². The number of nitrogens with two attached hydrogens (primary N) is 1. The normalized spacial score (nSPS) is 11.1. The highest BCUT2D eigenvalue weighted by molar-refractivity contribution is 5.49. The van der Waals surface area contributed by atoms with Gasteiger partial charge in [0.2, 0.25) is 0 Å². The van der Waals surface area contributed by atoms with Crippen LogP contribution >= 0.6 is 0 Å². The number of benzene rings is 1. The number of hydrogen-bond acceptors (Lipinski definition) is 2. The number of pyridine rings is 1. The molecule has 0 atom stereocenters. The van der Waals surface area contributed by atoms with E-state index in [1.807, 2.05) is 63.2 Å². The van der Waals surface area contributed by atoms with Gasteiger partial charge in [-0.15, -0.1) is 0 Å². The van der Waals surface area contributed by atoms with E-state index in [1.54, 1.807) is 18.5 Å². The van der Waals surface area contributed by atoms with E-state index in [2.05, 4.69) is 16.8 Å². The molecule has 0 amide bonds. The Hall–Kier alpha value is -2.70. The number of aryl methyl sites for hydroxylation is 1. The van der Waals surface area contributed by atoms with Crippen LogP contribution in [0.3, 0.4) is 0 Å². The van der Waals surface area contributed by atoms with Gasteiger partial charge in [-0.2, -0.15) is 0 Å². The Morgan fingerprint density at radius 2 is 1.81 bits per heavy atom. The molecule has 0 fully saturated rings. The second-order valence-corrected chi connectivity index (χ2v) is 5.65. The van der Waals surface area contributed by atoms with E-state index in [-0.39, 0.29) is 0 Å². The van der Waals surface area contributed by atoms with Crippen molar-refractivity contribution in [2.24, 2.45) is 5.73 Å². The Balaban J connectivity index is 0.000000350. The number of alkyl halides is 1. The predicted octanol–water partition coefficient (Wildman–Crippen LogP) is 5.14. The van der Waals surface area contributed by atoms with Crippen molar-refractivity contribution < 1.29 is 4.39 Å². The molecule has 1 heterocycles. The van der Waals surface area contributed by atoms with Gasteiger partial charge >= 0.3 is 0 Å². The van der Waals surface area contributed by atoms with Crippen LogP contribution in [0.25, 0.3) is 0 Å². The largest absolute Gasteiger partial charge is 0.326 e. The summed E-state index contributed by atoms with van der Waals surface area (Å²) in [6.07, 6.45) is 8.08. The summed E-state index contributed by atoms with van der Waals surface area (Å²) >= 11 is 0. The SMILES string of the molecule is C/C=C(CF)\C(C#Cc1ccc(C)cc1)=C/CC.NCc1ccncc1. The van der Waals surface area contributed by atoms with Crippen molar-refractivity contribution in [2.45, 2.75) is 33.7 Å². The number of rotatable bonds is 4. The van der Waals surface area contributed by atoms with Crippen LogP contribution in [0.1, 0.15) is 37.0 Å². The summed E-state index contributed by atoms with van der Waals surface area (Å²) in [6.45, 7) is 6.04. The maximum atomic E-state index is 12.8. The molecule has 3 heteroatoms. The molecule has 26 heavy (non-hydrogen) atoms. The van der Waals surface area contributed by atoms with Gasteiger partial charge in [-0.3, -0.25) is 4.98 Å². The first-order valence-corrected chi connectivity index (χ1v) is 8.73. The van der Waals surface area contributed by atoms with Crippen molar-refractivity contribution in [3.8, 4) is 11.8 Å². The molecule has 0 aliphatic heterocycles. The van der Waals surface area contributed by atoms with Crippen molar-refractivity contribution in [1.82, 2.24) is 4.98 Å². The average molecular weight is 350 g/mol. The van der Waals surface area contributed by atoms with Gasteiger partial charge < -0.3 is 5.73 Å². The summed E-state index contributed by atoms with van der Waals surface area (Å²) in [5, 5.41) is 0. The molecule has 0 saturated heterocycles. The molecule has 1 aromatic heterocycles. The highest BCUT2D eigenvalue weighted by atomic mass is 19.1. The predicted molar refractivity (Wildman–Crippen MR) is 108 cm³/mol. The molecule has 0 aliphatic rings. The second-order valence-electron chi connectivity index (χ2n) is 5.65. The van der Waals surface area contributed by atoms with Crippen LogP contribution in [0.2, 0.25) is 0 Å². The summed E-state index contributed by atoms with van der Waals surface area (Å²) in [6, 6.07) is 11.8. The lowest BCUT2D eigenvalue weighted by Crippen LogP contribution is -1.94. The van der Waals surface area contributed by atoms with Crippen LogP contribution in [-0.2, 0) is 6.54 Å². The van der Waals surface area contributed by atoms with Crippen LogP contribution < -0.4 is 5.73 Å². The fourth-order valence-electron chi connectivity index (χ4n) is 2.07. The Morgan fingerprint density at radius 1 is 1.15 bits per heavy atom. The molecule has 2 rings (SSSR count). The fraction of sp³-hybridized carbons (Fsp3) is 0.261. The first-order valence-electron chi connectivity index (χ1n) is 8.73. The van der Waals surface area contributed by atoms with E-state index >= 15 is 0 Å². The monoisotopic (exact) mass is 350 g/mol. The molecule has 0 aliphatic carbocycles. The fourth-order valence-corrected chi connectivity index (χ4v) is 2.07. The molecule has 1 aromatic carbocycles. The first-order chi connectivity index (χ1) is 12.6. The molecular weight excluding hydrogens is 323 g/mol. The van der Waals surface area contributed by atoms with Crippen LogP contribution in [0, 0.1) is 18.8 Å². The Bertz CT molecular complexity index is 763. The van der Waals surface area contributed by atoms with E-state index in [0.717, 1.165) is 23.1 Å². The van der Waals surface area contributed by atoms with Gasteiger partial charge in [0, 0.05) is 30.1 Å². The number of aromatic nitrogens is 1. The quantitative estimate of drug-likeness (QED) is 0.612. The Morgan fingerprint density at radius 3 is 2.27 bits per heavy atom. The van der Waals surface area contributed by atoms with Gasteiger partial charge in [0.25, 0.3) is 0 Å². The van der Waals surface area contributed by atoms with Gasteiger partial charge in [-0.05, 0) is 55.7 Å². The number of hydrogen-bond donors (Lipinski definition) is 1. The lowest BCUT2D eigenvalue weighted by Gasteiger charge is -2.00. The molecule has 0 spiro atoms. The van der Waals surface area contributed by atoms with Gasteiger partial charge in [-0.25, -0.2) is 4.39 Å². The summed E-state index contributed by atoms with van der Waals surface area (Å²) < 4.78 is 12.8. The van der Waals surface area contributed by atoms with Gasteiger partial charge in [0.1, 0.15) is 6.67 Å². The van der Waals surface area contributed by atoms with E-state index < -0.39 is 6.67 Å².